The van der Waals surface area contributed by atoms with Gasteiger partial charge in [0.15, 0.2) is 0 Å². The van der Waals surface area contributed by atoms with Crippen LogP contribution in [0.2, 0.25) is 0 Å². The van der Waals surface area contributed by atoms with Crippen molar-refractivity contribution in [3.8, 4) is 0 Å². The van der Waals surface area contributed by atoms with Crippen molar-refractivity contribution in [2.75, 3.05) is 6.54 Å². The lowest BCUT2D eigenvalue weighted by molar-refractivity contribution is -0.140. The van der Waals surface area contributed by atoms with Gasteiger partial charge in [0.1, 0.15) is 6.04 Å². The lowest BCUT2D eigenvalue weighted by Gasteiger charge is -2.18. The van der Waals surface area contributed by atoms with Gasteiger partial charge >= 0.3 is 5.97 Å². The first-order chi connectivity index (χ1) is 8.97. The third kappa shape index (κ3) is 4.06. The van der Waals surface area contributed by atoms with Gasteiger partial charge in [-0.3, -0.25) is 4.79 Å². The lowest BCUT2D eigenvalue weighted by atomic mass is 10.0. The number of carbonyl (C=O) groups excluding carboxylic acids is 1. The fraction of sp³-hybridized carbons (Fsp3) is 0.429. The first-order valence-electron chi connectivity index (χ1n) is 6.29. The molecule has 0 saturated carbocycles. The van der Waals surface area contributed by atoms with Crippen LogP contribution in [0, 0.1) is 5.92 Å². The van der Waals surface area contributed by atoms with Gasteiger partial charge in [0.25, 0.3) is 5.91 Å². The third-order valence-electron chi connectivity index (χ3n) is 2.89. The first kappa shape index (κ1) is 15.2. The Labute approximate surface area is 112 Å². The molecule has 0 bridgehead atoms. The molecule has 1 aromatic rings. The molecule has 0 spiro atoms. The van der Waals surface area contributed by atoms with E-state index < -0.39 is 12.0 Å². The molecule has 0 aliphatic rings. The molecule has 5 nitrogen and oxygen atoms in total. The van der Waals surface area contributed by atoms with Crippen LogP contribution in [0.1, 0.15) is 29.8 Å². The fourth-order valence-corrected chi connectivity index (χ4v) is 1.85. The number of benzene rings is 1. The first-order valence-corrected chi connectivity index (χ1v) is 6.29. The Hall–Kier alpha value is -1.88. The van der Waals surface area contributed by atoms with Gasteiger partial charge in [0.05, 0.1) is 0 Å². The highest BCUT2D eigenvalue weighted by Crippen LogP contribution is 2.11. The van der Waals surface area contributed by atoms with Crippen LogP contribution >= 0.6 is 0 Å². The van der Waals surface area contributed by atoms with Crippen molar-refractivity contribution in [3.05, 3.63) is 35.4 Å². The number of rotatable bonds is 6. The van der Waals surface area contributed by atoms with E-state index in [0.717, 1.165) is 5.56 Å². The van der Waals surface area contributed by atoms with Gasteiger partial charge in [-0.25, -0.2) is 4.79 Å². The minimum absolute atomic E-state index is 0.178. The van der Waals surface area contributed by atoms with E-state index in [1.165, 1.54) is 0 Å². The van der Waals surface area contributed by atoms with Gasteiger partial charge in [-0.05, 0) is 30.5 Å². The molecule has 19 heavy (non-hydrogen) atoms. The molecular formula is C14H20N2O3. The van der Waals surface area contributed by atoms with Crippen LogP contribution in [0.25, 0.3) is 0 Å². The molecule has 0 aliphatic heterocycles. The average molecular weight is 264 g/mol. The lowest BCUT2D eigenvalue weighted by Crippen LogP contribution is -2.44. The summed E-state index contributed by atoms with van der Waals surface area (Å²) >= 11 is 0. The average Bonchev–Trinajstić information content (AvgIpc) is 2.36. The molecule has 0 unspecified atom stereocenters. The normalized spacial score (nSPS) is 12.2. The number of carbonyl (C=O) groups is 2. The molecule has 0 fully saturated rings. The Kier molecular flexibility index (Phi) is 5.51. The summed E-state index contributed by atoms with van der Waals surface area (Å²) in [5, 5.41) is 11.6. The Morgan fingerprint density at radius 1 is 1.32 bits per heavy atom. The maximum Gasteiger partial charge on any atom is 0.326 e. The summed E-state index contributed by atoms with van der Waals surface area (Å²) in [7, 11) is 0. The van der Waals surface area contributed by atoms with E-state index in [0.29, 0.717) is 18.5 Å². The molecule has 0 aromatic heterocycles. The second-order valence-corrected chi connectivity index (χ2v) is 4.73. The molecule has 104 valence electrons. The third-order valence-corrected chi connectivity index (χ3v) is 2.89. The SMILES string of the molecule is CC(C)[C@@H](NC(=O)c1ccccc1CCN)C(=O)O. The molecule has 4 N–H and O–H groups in total. The highest BCUT2D eigenvalue weighted by atomic mass is 16.4. The summed E-state index contributed by atoms with van der Waals surface area (Å²) in [4.78, 5) is 23.2. The minimum atomic E-state index is -1.03. The highest BCUT2D eigenvalue weighted by molar-refractivity contribution is 5.97. The van der Waals surface area contributed by atoms with E-state index in [1.807, 2.05) is 12.1 Å². The van der Waals surface area contributed by atoms with E-state index >= 15 is 0 Å². The molecular weight excluding hydrogens is 244 g/mol. The number of carboxylic acids is 1. The minimum Gasteiger partial charge on any atom is -0.480 e. The van der Waals surface area contributed by atoms with E-state index in [2.05, 4.69) is 5.32 Å². The number of amides is 1. The van der Waals surface area contributed by atoms with Gasteiger partial charge < -0.3 is 16.2 Å². The number of nitrogens with one attached hydrogen (secondary N) is 1. The van der Waals surface area contributed by atoms with Gasteiger partial charge in [-0.1, -0.05) is 32.0 Å². The van der Waals surface area contributed by atoms with Crippen molar-refractivity contribution in [1.29, 1.82) is 0 Å². The van der Waals surface area contributed by atoms with Crippen molar-refractivity contribution >= 4 is 11.9 Å². The molecule has 1 aromatic carbocycles. The van der Waals surface area contributed by atoms with Crippen LogP contribution in [0.5, 0.6) is 0 Å². The van der Waals surface area contributed by atoms with Crippen LogP contribution in [0.4, 0.5) is 0 Å². The standard InChI is InChI=1S/C14H20N2O3/c1-9(2)12(14(18)19)16-13(17)11-6-4-3-5-10(11)7-8-15/h3-6,9,12H,7-8,15H2,1-2H3,(H,16,17)(H,18,19)/t12-/m1/s1. The summed E-state index contributed by atoms with van der Waals surface area (Å²) in [5.74, 6) is -1.58. The maximum atomic E-state index is 12.1. The van der Waals surface area contributed by atoms with Crippen molar-refractivity contribution in [2.45, 2.75) is 26.3 Å². The van der Waals surface area contributed by atoms with Crippen molar-refractivity contribution in [2.24, 2.45) is 11.7 Å². The monoisotopic (exact) mass is 264 g/mol. The van der Waals surface area contributed by atoms with Crippen LogP contribution in [-0.4, -0.2) is 29.6 Å². The molecule has 1 rings (SSSR count). The van der Waals surface area contributed by atoms with Crippen molar-refractivity contribution in [1.82, 2.24) is 5.32 Å². The van der Waals surface area contributed by atoms with E-state index in [9.17, 15) is 9.59 Å². The predicted octanol–water partition coefficient (Wildman–Crippen LogP) is 1.03. The predicted molar refractivity (Wildman–Crippen MR) is 72.9 cm³/mol. The van der Waals surface area contributed by atoms with E-state index in [4.69, 9.17) is 10.8 Å². The fourth-order valence-electron chi connectivity index (χ4n) is 1.85. The summed E-state index contributed by atoms with van der Waals surface area (Å²) in [5.41, 5.74) is 6.82. The van der Waals surface area contributed by atoms with Crippen LogP contribution < -0.4 is 11.1 Å². The Morgan fingerprint density at radius 3 is 2.47 bits per heavy atom. The van der Waals surface area contributed by atoms with E-state index in [1.54, 1.807) is 26.0 Å². The van der Waals surface area contributed by atoms with Gasteiger partial charge in [0, 0.05) is 5.56 Å². The summed E-state index contributed by atoms with van der Waals surface area (Å²) in [6.45, 7) is 3.95. The van der Waals surface area contributed by atoms with Gasteiger partial charge in [0.2, 0.25) is 0 Å². The Balaban J connectivity index is 2.91. The zero-order chi connectivity index (χ0) is 14.4. The topological polar surface area (TPSA) is 92.4 Å². The van der Waals surface area contributed by atoms with Gasteiger partial charge in [-0.2, -0.15) is 0 Å². The molecule has 5 heteroatoms. The van der Waals surface area contributed by atoms with Crippen LogP contribution in [-0.2, 0) is 11.2 Å². The summed E-state index contributed by atoms with van der Waals surface area (Å²) in [6, 6.07) is 6.20. The molecule has 0 heterocycles. The van der Waals surface area contributed by atoms with Crippen molar-refractivity contribution < 1.29 is 14.7 Å². The molecule has 0 radical (unpaired) electrons. The highest BCUT2D eigenvalue weighted by Gasteiger charge is 2.24. The zero-order valence-corrected chi connectivity index (χ0v) is 11.2. The Bertz CT molecular complexity index is 458. The summed E-state index contributed by atoms with van der Waals surface area (Å²) < 4.78 is 0. The molecule has 0 saturated heterocycles. The quantitative estimate of drug-likeness (QED) is 0.715. The zero-order valence-electron chi connectivity index (χ0n) is 11.2. The summed E-state index contributed by atoms with van der Waals surface area (Å²) in [6.07, 6.45) is 0.586. The molecule has 1 atom stereocenters. The van der Waals surface area contributed by atoms with Crippen LogP contribution in [0.3, 0.4) is 0 Å². The van der Waals surface area contributed by atoms with E-state index in [-0.39, 0.29) is 11.8 Å². The second kappa shape index (κ2) is 6.89. The largest absolute Gasteiger partial charge is 0.480 e. The van der Waals surface area contributed by atoms with Crippen LogP contribution in [0.15, 0.2) is 24.3 Å². The number of hydrogen-bond donors (Lipinski definition) is 3. The smallest absolute Gasteiger partial charge is 0.326 e. The number of nitrogens with two attached hydrogens (primary N) is 1. The number of carboxylic acid groups (broad SMARTS) is 1. The molecule has 1 amide bonds. The Morgan fingerprint density at radius 2 is 1.95 bits per heavy atom. The number of hydrogen-bond acceptors (Lipinski definition) is 3. The molecule has 0 aliphatic carbocycles. The number of aliphatic carboxylic acids is 1. The van der Waals surface area contributed by atoms with Crippen molar-refractivity contribution in [3.63, 3.8) is 0 Å². The maximum absolute atomic E-state index is 12.1. The second-order valence-electron chi connectivity index (χ2n) is 4.73. The van der Waals surface area contributed by atoms with Gasteiger partial charge in [-0.15, -0.1) is 0 Å².